The molecular formula is C25H24N2O5. The van der Waals surface area contributed by atoms with Gasteiger partial charge in [0, 0.05) is 19.5 Å². The van der Waals surface area contributed by atoms with E-state index in [0.29, 0.717) is 25.8 Å². The Kier molecular flexibility index (Phi) is 8.09. The summed E-state index contributed by atoms with van der Waals surface area (Å²) in [5.41, 5.74) is 1.67. The van der Waals surface area contributed by atoms with Crippen molar-refractivity contribution in [3.63, 3.8) is 0 Å². The molecule has 7 nitrogen and oxygen atoms in total. The molecule has 0 saturated heterocycles. The van der Waals surface area contributed by atoms with Crippen molar-refractivity contribution in [2.75, 3.05) is 6.61 Å². The number of nitrogens with zero attached hydrogens (tertiary/aromatic N) is 2. The van der Waals surface area contributed by atoms with Gasteiger partial charge in [-0.1, -0.05) is 66.7 Å². The fraction of sp³-hybridized carbons (Fsp3) is 0.200. The second-order valence-electron chi connectivity index (χ2n) is 7.24. The van der Waals surface area contributed by atoms with Crippen molar-refractivity contribution in [1.82, 2.24) is 4.90 Å². The van der Waals surface area contributed by atoms with Gasteiger partial charge in [0.15, 0.2) is 12.0 Å². The van der Waals surface area contributed by atoms with Gasteiger partial charge in [-0.05, 0) is 29.7 Å². The molecule has 0 aliphatic rings. The molecule has 0 aliphatic carbocycles. The summed E-state index contributed by atoms with van der Waals surface area (Å²) in [6.07, 6.45) is 1.06. The van der Waals surface area contributed by atoms with Gasteiger partial charge >= 0.3 is 5.69 Å². The molecule has 164 valence electrons. The van der Waals surface area contributed by atoms with Gasteiger partial charge in [-0.25, -0.2) is 0 Å². The van der Waals surface area contributed by atoms with E-state index < -0.39 is 4.92 Å². The fourth-order valence-corrected chi connectivity index (χ4v) is 3.35. The molecule has 0 aliphatic heterocycles. The van der Waals surface area contributed by atoms with Crippen LogP contribution < -0.4 is 4.74 Å². The van der Waals surface area contributed by atoms with E-state index in [1.54, 1.807) is 4.90 Å². The summed E-state index contributed by atoms with van der Waals surface area (Å²) in [5, 5.41) is 11.3. The fourth-order valence-electron chi connectivity index (χ4n) is 3.35. The van der Waals surface area contributed by atoms with E-state index in [1.807, 2.05) is 60.7 Å². The SMILES string of the molecule is O=Cc1cccc(OCCCC(=O)N(Cc2ccccc2)Cc2ccccc2)c1[N+](=O)[O-]. The summed E-state index contributed by atoms with van der Waals surface area (Å²) in [7, 11) is 0. The predicted octanol–water partition coefficient (Wildman–Crippen LogP) is 4.80. The lowest BCUT2D eigenvalue weighted by Gasteiger charge is -2.23. The quantitative estimate of drug-likeness (QED) is 0.188. The van der Waals surface area contributed by atoms with Crippen LogP contribution in [-0.4, -0.2) is 28.6 Å². The van der Waals surface area contributed by atoms with Crippen molar-refractivity contribution in [3.8, 4) is 5.75 Å². The standard InChI is InChI=1S/C25H24N2O5/c28-19-22-13-7-14-23(25(22)27(30)31)32-16-8-15-24(29)26(17-20-9-3-1-4-10-20)18-21-11-5-2-6-12-21/h1-7,9-14,19H,8,15-18H2. The van der Waals surface area contributed by atoms with Gasteiger partial charge in [-0.3, -0.25) is 19.7 Å². The smallest absolute Gasteiger partial charge is 0.321 e. The Morgan fingerprint density at radius 2 is 1.50 bits per heavy atom. The molecule has 3 rings (SSSR count). The van der Waals surface area contributed by atoms with Crippen LogP contribution in [0.5, 0.6) is 5.75 Å². The van der Waals surface area contributed by atoms with E-state index in [0.717, 1.165) is 11.1 Å². The Balaban J connectivity index is 1.61. The minimum atomic E-state index is -0.633. The molecule has 3 aromatic rings. The van der Waals surface area contributed by atoms with Crippen LogP contribution in [0, 0.1) is 10.1 Å². The highest BCUT2D eigenvalue weighted by atomic mass is 16.6. The third kappa shape index (κ3) is 6.25. The third-order valence-corrected chi connectivity index (χ3v) is 4.92. The number of amides is 1. The number of aldehydes is 1. The largest absolute Gasteiger partial charge is 0.487 e. The van der Waals surface area contributed by atoms with Gasteiger partial charge in [-0.2, -0.15) is 0 Å². The maximum Gasteiger partial charge on any atom is 0.321 e. The highest BCUT2D eigenvalue weighted by Gasteiger charge is 2.21. The van der Waals surface area contributed by atoms with E-state index in [1.165, 1.54) is 18.2 Å². The zero-order chi connectivity index (χ0) is 22.8. The van der Waals surface area contributed by atoms with Crippen LogP contribution in [-0.2, 0) is 17.9 Å². The van der Waals surface area contributed by atoms with Gasteiger partial charge in [0.25, 0.3) is 0 Å². The highest BCUT2D eigenvalue weighted by molar-refractivity contribution is 5.83. The molecule has 0 radical (unpaired) electrons. The first-order valence-corrected chi connectivity index (χ1v) is 10.3. The Morgan fingerprint density at radius 3 is 2.03 bits per heavy atom. The maximum absolute atomic E-state index is 13.0. The number of hydrogen-bond acceptors (Lipinski definition) is 5. The molecule has 0 heterocycles. The minimum absolute atomic E-state index is 0.0254. The minimum Gasteiger partial charge on any atom is -0.487 e. The zero-order valence-corrected chi connectivity index (χ0v) is 17.6. The Morgan fingerprint density at radius 1 is 0.906 bits per heavy atom. The van der Waals surface area contributed by atoms with Crippen molar-refractivity contribution in [2.45, 2.75) is 25.9 Å². The molecule has 3 aromatic carbocycles. The van der Waals surface area contributed by atoms with Crippen molar-refractivity contribution in [2.24, 2.45) is 0 Å². The lowest BCUT2D eigenvalue weighted by molar-refractivity contribution is -0.386. The predicted molar refractivity (Wildman–Crippen MR) is 120 cm³/mol. The first-order chi connectivity index (χ1) is 15.6. The second-order valence-corrected chi connectivity index (χ2v) is 7.24. The van der Waals surface area contributed by atoms with Crippen molar-refractivity contribution in [3.05, 3.63) is 106 Å². The number of nitro groups is 1. The second kappa shape index (κ2) is 11.4. The molecule has 7 heteroatoms. The number of rotatable bonds is 11. The Hall–Kier alpha value is -4.00. The maximum atomic E-state index is 13.0. The number of hydrogen-bond donors (Lipinski definition) is 0. The Bertz CT molecular complexity index is 1010. The van der Waals surface area contributed by atoms with Crippen molar-refractivity contribution >= 4 is 17.9 Å². The van der Waals surface area contributed by atoms with Gasteiger partial charge in [0.2, 0.25) is 5.91 Å². The summed E-state index contributed by atoms with van der Waals surface area (Å²) in [6, 6.07) is 23.9. The average Bonchev–Trinajstić information content (AvgIpc) is 2.82. The van der Waals surface area contributed by atoms with Crippen LogP contribution in [0.4, 0.5) is 5.69 Å². The van der Waals surface area contributed by atoms with Crippen LogP contribution >= 0.6 is 0 Å². The molecule has 0 atom stereocenters. The molecule has 0 unspecified atom stereocenters. The summed E-state index contributed by atoms with van der Waals surface area (Å²) < 4.78 is 5.54. The van der Waals surface area contributed by atoms with E-state index >= 15 is 0 Å². The molecule has 32 heavy (non-hydrogen) atoms. The van der Waals surface area contributed by atoms with Crippen molar-refractivity contribution in [1.29, 1.82) is 0 Å². The number of carbonyl (C=O) groups excluding carboxylic acids is 2. The molecule has 0 spiro atoms. The average molecular weight is 432 g/mol. The first-order valence-electron chi connectivity index (χ1n) is 10.3. The van der Waals surface area contributed by atoms with Gasteiger partial charge < -0.3 is 9.64 Å². The van der Waals surface area contributed by atoms with Gasteiger partial charge in [0.1, 0.15) is 0 Å². The van der Waals surface area contributed by atoms with Crippen molar-refractivity contribution < 1.29 is 19.2 Å². The summed E-state index contributed by atoms with van der Waals surface area (Å²) in [4.78, 5) is 36.5. The van der Waals surface area contributed by atoms with E-state index in [9.17, 15) is 19.7 Å². The van der Waals surface area contributed by atoms with Crippen LogP contribution in [0.15, 0.2) is 78.9 Å². The Labute approximate surface area is 186 Å². The lowest BCUT2D eigenvalue weighted by atomic mass is 10.1. The monoisotopic (exact) mass is 432 g/mol. The number of nitro benzene ring substituents is 1. The van der Waals surface area contributed by atoms with Gasteiger partial charge in [-0.15, -0.1) is 0 Å². The molecule has 0 fully saturated rings. The number of para-hydroxylation sites is 1. The summed E-state index contributed by atoms with van der Waals surface area (Å²) >= 11 is 0. The first kappa shape index (κ1) is 22.7. The van der Waals surface area contributed by atoms with Crippen LogP contribution in [0.25, 0.3) is 0 Å². The van der Waals surface area contributed by atoms with Crippen LogP contribution in [0.3, 0.4) is 0 Å². The molecule has 0 N–H and O–H groups in total. The third-order valence-electron chi connectivity index (χ3n) is 4.92. The van der Waals surface area contributed by atoms with E-state index in [-0.39, 0.29) is 35.9 Å². The zero-order valence-electron chi connectivity index (χ0n) is 17.6. The molecule has 0 saturated carbocycles. The summed E-state index contributed by atoms with van der Waals surface area (Å²) in [5.74, 6) is -0.00470. The number of benzene rings is 3. The van der Waals surface area contributed by atoms with Crippen LogP contribution in [0.1, 0.15) is 34.3 Å². The van der Waals surface area contributed by atoms with Gasteiger partial charge in [0.05, 0.1) is 17.1 Å². The highest BCUT2D eigenvalue weighted by Crippen LogP contribution is 2.30. The normalized spacial score (nSPS) is 10.4. The molecule has 0 aromatic heterocycles. The van der Waals surface area contributed by atoms with Crippen LogP contribution in [0.2, 0.25) is 0 Å². The van der Waals surface area contributed by atoms with E-state index in [4.69, 9.17) is 4.74 Å². The summed E-state index contributed by atoms with van der Waals surface area (Å²) in [6.45, 7) is 1.10. The number of carbonyl (C=O) groups is 2. The van der Waals surface area contributed by atoms with E-state index in [2.05, 4.69) is 0 Å². The molecule has 0 bridgehead atoms. The lowest BCUT2D eigenvalue weighted by Crippen LogP contribution is -2.30. The number of ether oxygens (including phenoxy) is 1. The molecular weight excluding hydrogens is 408 g/mol. The molecule has 1 amide bonds. The topological polar surface area (TPSA) is 89.8 Å².